The molecule has 0 saturated carbocycles. The number of carboxylic acids is 2. The van der Waals surface area contributed by atoms with Crippen molar-refractivity contribution in [1.82, 2.24) is 4.90 Å². The van der Waals surface area contributed by atoms with Crippen molar-refractivity contribution in [2.24, 2.45) is 0 Å². The second-order valence-corrected chi connectivity index (χ2v) is 6.06. The van der Waals surface area contributed by atoms with Gasteiger partial charge in [0.2, 0.25) is 0 Å². The van der Waals surface area contributed by atoms with Crippen LogP contribution < -0.4 is 4.74 Å². The number of rotatable bonds is 4. The van der Waals surface area contributed by atoms with E-state index in [-0.39, 0.29) is 0 Å². The quantitative estimate of drug-likeness (QED) is 0.805. The molecule has 0 radical (unpaired) electrons. The Bertz CT molecular complexity index is 530. The van der Waals surface area contributed by atoms with Crippen molar-refractivity contribution in [2.45, 2.75) is 32.6 Å². The van der Waals surface area contributed by atoms with Gasteiger partial charge in [-0.1, -0.05) is 30.5 Å². The third-order valence-electron chi connectivity index (χ3n) is 3.63. The van der Waals surface area contributed by atoms with E-state index in [1.807, 2.05) is 25.1 Å². The monoisotopic (exact) mass is 357 g/mol. The lowest BCUT2D eigenvalue weighted by Gasteiger charge is -2.19. The lowest BCUT2D eigenvalue weighted by atomic mass is 10.2. The highest BCUT2D eigenvalue weighted by molar-refractivity contribution is 6.32. The third-order valence-corrected chi connectivity index (χ3v) is 3.93. The molecule has 0 atom stereocenters. The number of aliphatic carboxylic acids is 2. The number of hydrogen-bond donors (Lipinski definition) is 2. The fourth-order valence-electron chi connectivity index (χ4n) is 2.37. The molecule has 6 nitrogen and oxygen atoms in total. The van der Waals surface area contributed by atoms with Crippen LogP contribution in [-0.2, 0) is 9.59 Å². The zero-order valence-corrected chi connectivity index (χ0v) is 14.6. The summed E-state index contributed by atoms with van der Waals surface area (Å²) in [6.07, 6.45) is 5.40. The third kappa shape index (κ3) is 8.17. The maximum absolute atomic E-state index is 9.10. The molecule has 0 aliphatic carbocycles. The molecule has 1 heterocycles. The fourth-order valence-corrected chi connectivity index (χ4v) is 2.66. The minimum atomic E-state index is -1.82. The van der Waals surface area contributed by atoms with Gasteiger partial charge in [0.15, 0.2) is 0 Å². The lowest BCUT2D eigenvalue weighted by molar-refractivity contribution is -0.159. The van der Waals surface area contributed by atoms with Crippen molar-refractivity contribution >= 4 is 23.5 Å². The van der Waals surface area contributed by atoms with Crippen LogP contribution in [0.2, 0.25) is 5.02 Å². The first-order valence-electron chi connectivity index (χ1n) is 7.97. The Morgan fingerprint density at radius 1 is 1.12 bits per heavy atom. The van der Waals surface area contributed by atoms with Crippen molar-refractivity contribution in [1.29, 1.82) is 0 Å². The van der Waals surface area contributed by atoms with E-state index in [1.165, 1.54) is 44.3 Å². The molecule has 1 saturated heterocycles. The van der Waals surface area contributed by atoms with E-state index in [0.29, 0.717) is 5.02 Å². The van der Waals surface area contributed by atoms with Crippen molar-refractivity contribution in [3.63, 3.8) is 0 Å². The van der Waals surface area contributed by atoms with Crippen LogP contribution in [0.1, 0.15) is 31.2 Å². The van der Waals surface area contributed by atoms with Gasteiger partial charge < -0.3 is 14.9 Å². The highest BCUT2D eigenvalue weighted by Gasteiger charge is 2.09. The number of likely N-dealkylation sites (tertiary alicyclic amines) is 1. The molecule has 1 aliphatic heterocycles. The molecule has 134 valence electrons. The van der Waals surface area contributed by atoms with Gasteiger partial charge in [0.25, 0.3) is 0 Å². The second kappa shape index (κ2) is 10.9. The molecule has 0 aromatic heterocycles. The summed E-state index contributed by atoms with van der Waals surface area (Å²) in [5.41, 5.74) is 1.17. The first-order valence-corrected chi connectivity index (χ1v) is 8.35. The Kier molecular flexibility index (Phi) is 9.19. The molecule has 1 aromatic carbocycles. The van der Waals surface area contributed by atoms with E-state index in [2.05, 4.69) is 4.90 Å². The fraction of sp³-hybridized carbons (Fsp3) is 0.529. The molecule has 24 heavy (non-hydrogen) atoms. The summed E-state index contributed by atoms with van der Waals surface area (Å²) in [4.78, 5) is 20.7. The number of carbonyl (C=O) groups is 2. The van der Waals surface area contributed by atoms with Gasteiger partial charge in [0.05, 0.1) is 5.02 Å². The summed E-state index contributed by atoms with van der Waals surface area (Å²) in [5.74, 6) is -2.85. The van der Waals surface area contributed by atoms with Gasteiger partial charge in [-0.2, -0.15) is 0 Å². The van der Waals surface area contributed by atoms with E-state index < -0.39 is 11.9 Å². The maximum Gasteiger partial charge on any atom is 0.414 e. The summed E-state index contributed by atoms with van der Waals surface area (Å²) in [7, 11) is 0. The maximum atomic E-state index is 9.10. The smallest absolute Gasteiger partial charge is 0.414 e. The first kappa shape index (κ1) is 20.3. The van der Waals surface area contributed by atoms with E-state index in [1.54, 1.807) is 0 Å². The molecule has 0 unspecified atom stereocenters. The molecule has 0 spiro atoms. The number of nitrogens with zero attached hydrogens (tertiary/aromatic N) is 1. The molecule has 1 fully saturated rings. The van der Waals surface area contributed by atoms with E-state index >= 15 is 0 Å². The van der Waals surface area contributed by atoms with Gasteiger partial charge in [0, 0.05) is 6.54 Å². The van der Waals surface area contributed by atoms with E-state index in [0.717, 1.165) is 18.9 Å². The highest BCUT2D eigenvalue weighted by atomic mass is 35.5. The van der Waals surface area contributed by atoms with Crippen LogP contribution in [0.3, 0.4) is 0 Å². The minimum Gasteiger partial charge on any atom is -0.491 e. The summed E-state index contributed by atoms with van der Waals surface area (Å²) < 4.78 is 5.76. The topological polar surface area (TPSA) is 87.1 Å². The van der Waals surface area contributed by atoms with Gasteiger partial charge in [-0.3, -0.25) is 4.90 Å². The molecule has 0 amide bonds. The number of benzene rings is 1. The zero-order valence-electron chi connectivity index (χ0n) is 13.8. The molecule has 7 heteroatoms. The van der Waals surface area contributed by atoms with Crippen molar-refractivity contribution in [3.05, 3.63) is 28.8 Å². The molecule has 2 N–H and O–H groups in total. The number of aryl methyl sites for hydroxylation is 1. The molecule has 2 rings (SSSR count). The average molecular weight is 358 g/mol. The Morgan fingerprint density at radius 2 is 1.71 bits per heavy atom. The van der Waals surface area contributed by atoms with Crippen LogP contribution in [0.5, 0.6) is 5.75 Å². The number of halogens is 1. The molecular weight excluding hydrogens is 334 g/mol. The van der Waals surface area contributed by atoms with Crippen molar-refractivity contribution in [2.75, 3.05) is 26.2 Å². The minimum absolute atomic E-state index is 0.714. The van der Waals surface area contributed by atoms with Gasteiger partial charge in [-0.05, 0) is 50.6 Å². The number of ether oxygens (including phenoxy) is 1. The Morgan fingerprint density at radius 3 is 2.21 bits per heavy atom. The highest BCUT2D eigenvalue weighted by Crippen LogP contribution is 2.25. The Balaban J connectivity index is 0.000000413. The summed E-state index contributed by atoms with van der Waals surface area (Å²) in [6.45, 7) is 6.19. The normalized spacial score (nSPS) is 14.9. The average Bonchev–Trinajstić information content (AvgIpc) is 2.79. The lowest BCUT2D eigenvalue weighted by Crippen LogP contribution is -2.29. The van der Waals surface area contributed by atoms with Gasteiger partial charge in [-0.25, -0.2) is 9.59 Å². The Labute approximate surface area is 147 Å². The van der Waals surface area contributed by atoms with Gasteiger partial charge in [-0.15, -0.1) is 0 Å². The second-order valence-electron chi connectivity index (χ2n) is 5.65. The van der Waals surface area contributed by atoms with Crippen molar-refractivity contribution in [3.8, 4) is 5.75 Å². The number of carboxylic acid groups (broad SMARTS) is 2. The van der Waals surface area contributed by atoms with Crippen LogP contribution in [0.4, 0.5) is 0 Å². The van der Waals surface area contributed by atoms with Crippen LogP contribution in [0.25, 0.3) is 0 Å². The van der Waals surface area contributed by atoms with Crippen LogP contribution in [-0.4, -0.2) is 53.3 Å². The summed E-state index contributed by atoms with van der Waals surface area (Å²) in [6, 6.07) is 5.94. The predicted molar refractivity (Wildman–Crippen MR) is 91.9 cm³/mol. The predicted octanol–water partition coefficient (Wildman–Crippen LogP) is 3.06. The molecule has 1 aliphatic rings. The van der Waals surface area contributed by atoms with Crippen LogP contribution in [0, 0.1) is 6.92 Å². The van der Waals surface area contributed by atoms with Crippen LogP contribution >= 0.6 is 11.6 Å². The zero-order chi connectivity index (χ0) is 17.9. The summed E-state index contributed by atoms with van der Waals surface area (Å²) >= 11 is 6.14. The van der Waals surface area contributed by atoms with E-state index in [4.69, 9.17) is 36.1 Å². The van der Waals surface area contributed by atoms with Crippen molar-refractivity contribution < 1.29 is 24.5 Å². The molecular formula is C17H24ClNO5. The number of hydrogen-bond acceptors (Lipinski definition) is 4. The van der Waals surface area contributed by atoms with Crippen LogP contribution in [0.15, 0.2) is 18.2 Å². The first-order chi connectivity index (χ1) is 11.4. The molecule has 1 aromatic rings. The van der Waals surface area contributed by atoms with E-state index in [9.17, 15) is 0 Å². The standard InChI is InChI=1S/C15H22ClNO.C2H2O4/c1-13-6-7-15(14(16)12-13)18-11-10-17-8-4-2-3-5-9-17;3-1(4)2(5)6/h6-7,12H,2-5,8-11H2,1H3;(H,3,4)(H,5,6). The Hall–Kier alpha value is -1.79. The largest absolute Gasteiger partial charge is 0.491 e. The molecule has 0 bridgehead atoms. The summed E-state index contributed by atoms with van der Waals surface area (Å²) in [5, 5.41) is 15.5. The SMILES string of the molecule is Cc1ccc(OCCN2CCCCCC2)c(Cl)c1.O=C(O)C(=O)O. The van der Waals surface area contributed by atoms with Gasteiger partial charge in [0.1, 0.15) is 12.4 Å². The van der Waals surface area contributed by atoms with Gasteiger partial charge >= 0.3 is 11.9 Å².